The summed E-state index contributed by atoms with van der Waals surface area (Å²) in [6.45, 7) is 0. The standard InChI is InChI=1S/C7H7NO.C7H6O4/c8-7(9)6-4-2-1-3-5-6;8-4-1-2-6(9)5(3-4)7(10)11/h1-5H,(H2,8,9);1-3,8-9H,(H,10,11). The first kappa shape index (κ1) is 15.0. The van der Waals surface area contributed by atoms with Crippen molar-refractivity contribution in [1.29, 1.82) is 0 Å². The Bertz CT molecular complexity index is 610. The Morgan fingerprint density at radius 3 is 1.95 bits per heavy atom. The molecule has 0 aliphatic carbocycles. The Morgan fingerprint density at radius 1 is 0.950 bits per heavy atom. The average molecular weight is 275 g/mol. The number of phenols is 2. The molecule has 0 saturated heterocycles. The maximum absolute atomic E-state index is 10.4. The van der Waals surface area contributed by atoms with E-state index in [9.17, 15) is 9.59 Å². The third-order valence-corrected chi connectivity index (χ3v) is 2.27. The van der Waals surface area contributed by atoms with Crippen molar-refractivity contribution in [3.63, 3.8) is 0 Å². The van der Waals surface area contributed by atoms with Crippen LogP contribution in [0.15, 0.2) is 48.5 Å². The molecule has 0 bridgehead atoms. The summed E-state index contributed by atoms with van der Waals surface area (Å²) in [6, 6.07) is 12.1. The van der Waals surface area contributed by atoms with Crippen LogP contribution in [0.4, 0.5) is 0 Å². The smallest absolute Gasteiger partial charge is 0.339 e. The topological polar surface area (TPSA) is 121 Å². The van der Waals surface area contributed by atoms with Gasteiger partial charge < -0.3 is 21.1 Å². The van der Waals surface area contributed by atoms with Crippen LogP contribution in [0.5, 0.6) is 11.5 Å². The van der Waals surface area contributed by atoms with Crippen LogP contribution in [0.1, 0.15) is 20.7 Å². The van der Waals surface area contributed by atoms with E-state index in [1.54, 1.807) is 24.3 Å². The molecule has 0 spiro atoms. The van der Waals surface area contributed by atoms with Crippen molar-refractivity contribution in [2.24, 2.45) is 5.73 Å². The lowest BCUT2D eigenvalue weighted by Crippen LogP contribution is -2.09. The Morgan fingerprint density at radius 2 is 1.55 bits per heavy atom. The van der Waals surface area contributed by atoms with E-state index in [2.05, 4.69) is 0 Å². The number of aromatic carboxylic acids is 1. The van der Waals surface area contributed by atoms with Gasteiger partial charge in [-0.2, -0.15) is 0 Å². The average Bonchev–Trinajstić information content (AvgIpc) is 2.43. The first-order valence-corrected chi connectivity index (χ1v) is 5.52. The van der Waals surface area contributed by atoms with Crippen LogP contribution >= 0.6 is 0 Å². The molecule has 0 atom stereocenters. The number of amides is 1. The molecule has 0 aliphatic heterocycles. The Kier molecular flexibility index (Phi) is 5.11. The zero-order chi connectivity index (χ0) is 15.1. The second-order valence-electron chi connectivity index (χ2n) is 3.74. The van der Waals surface area contributed by atoms with Crippen LogP contribution in [0.3, 0.4) is 0 Å². The molecule has 2 aromatic carbocycles. The van der Waals surface area contributed by atoms with Crippen LogP contribution in [-0.2, 0) is 0 Å². The van der Waals surface area contributed by atoms with Crippen molar-refractivity contribution in [2.45, 2.75) is 0 Å². The molecule has 0 aromatic heterocycles. The van der Waals surface area contributed by atoms with Gasteiger partial charge in [0.05, 0.1) is 0 Å². The molecular formula is C14H13NO5. The van der Waals surface area contributed by atoms with Crippen LogP contribution in [-0.4, -0.2) is 27.2 Å². The van der Waals surface area contributed by atoms with Crippen molar-refractivity contribution < 1.29 is 24.9 Å². The van der Waals surface area contributed by atoms with Crippen LogP contribution in [0.2, 0.25) is 0 Å². The van der Waals surface area contributed by atoms with E-state index in [1.807, 2.05) is 6.07 Å². The van der Waals surface area contributed by atoms with Gasteiger partial charge >= 0.3 is 5.97 Å². The first-order chi connectivity index (χ1) is 9.41. The molecule has 0 radical (unpaired) electrons. The summed E-state index contributed by atoms with van der Waals surface area (Å²) in [5, 5.41) is 26.1. The van der Waals surface area contributed by atoms with Gasteiger partial charge in [0.25, 0.3) is 0 Å². The molecule has 6 nitrogen and oxygen atoms in total. The maximum atomic E-state index is 10.4. The molecule has 1 amide bonds. The van der Waals surface area contributed by atoms with Gasteiger partial charge in [0, 0.05) is 5.56 Å². The molecule has 0 unspecified atom stereocenters. The highest BCUT2D eigenvalue weighted by Gasteiger charge is 2.08. The highest BCUT2D eigenvalue weighted by atomic mass is 16.4. The fraction of sp³-hybridized carbons (Fsp3) is 0. The zero-order valence-electron chi connectivity index (χ0n) is 10.4. The van der Waals surface area contributed by atoms with E-state index in [1.165, 1.54) is 6.07 Å². The number of hydrogen-bond acceptors (Lipinski definition) is 4. The van der Waals surface area contributed by atoms with Crippen LogP contribution in [0.25, 0.3) is 0 Å². The van der Waals surface area contributed by atoms with Crippen molar-refractivity contribution in [3.05, 3.63) is 59.7 Å². The Balaban J connectivity index is 0.000000204. The van der Waals surface area contributed by atoms with E-state index >= 15 is 0 Å². The van der Waals surface area contributed by atoms with Gasteiger partial charge in [0.15, 0.2) is 0 Å². The maximum Gasteiger partial charge on any atom is 0.339 e. The number of carbonyl (C=O) groups excluding carboxylic acids is 1. The summed E-state index contributed by atoms with van der Waals surface area (Å²) < 4.78 is 0. The van der Waals surface area contributed by atoms with Gasteiger partial charge in [0.1, 0.15) is 17.1 Å². The van der Waals surface area contributed by atoms with Crippen molar-refractivity contribution in [3.8, 4) is 11.5 Å². The molecule has 0 saturated carbocycles. The number of benzene rings is 2. The Hall–Kier alpha value is -3.02. The third kappa shape index (κ3) is 4.34. The summed E-state index contributed by atoms with van der Waals surface area (Å²) in [5.74, 6) is -2.18. The van der Waals surface area contributed by atoms with E-state index in [-0.39, 0.29) is 23.0 Å². The third-order valence-electron chi connectivity index (χ3n) is 2.27. The molecule has 0 fully saturated rings. The number of carboxylic acids is 1. The highest BCUT2D eigenvalue weighted by Crippen LogP contribution is 2.21. The summed E-state index contributed by atoms with van der Waals surface area (Å²) in [7, 11) is 0. The normalized spacial score (nSPS) is 9.20. The lowest BCUT2D eigenvalue weighted by Gasteiger charge is -1.98. The van der Waals surface area contributed by atoms with Gasteiger partial charge in [-0.05, 0) is 30.3 Å². The summed E-state index contributed by atoms with van der Waals surface area (Å²) in [4.78, 5) is 20.7. The number of hydrogen-bond donors (Lipinski definition) is 4. The van der Waals surface area contributed by atoms with Crippen molar-refractivity contribution in [2.75, 3.05) is 0 Å². The SMILES string of the molecule is NC(=O)c1ccccc1.O=C(O)c1cc(O)ccc1O. The van der Waals surface area contributed by atoms with Crippen LogP contribution < -0.4 is 5.73 Å². The number of phenolic OH excluding ortho intramolecular Hbond substituents is 1. The minimum atomic E-state index is -1.27. The second kappa shape index (κ2) is 6.79. The van der Waals surface area contributed by atoms with Crippen LogP contribution in [0, 0.1) is 0 Å². The lowest BCUT2D eigenvalue weighted by molar-refractivity contribution is 0.0693. The van der Waals surface area contributed by atoms with Gasteiger partial charge in [0.2, 0.25) is 5.91 Å². The molecule has 6 heteroatoms. The highest BCUT2D eigenvalue weighted by molar-refractivity contribution is 5.92. The van der Waals surface area contributed by atoms with E-state index in [4.69, 9.17) is 21.1 Å². The lowest BCUT2D eigenvalue weighted by atomic mass is 10.2. The predicted octanol–water partition coefficient (Wildman–Crippen LogP) is 1.58. The number of carboxylic acid groups (broad SMARTS) is 1. The van der Waals surface area contributed by atoms with Gasteiger partial charge in [-0.1, -0.05) is 18.2 Å². The molecule has 2 rings (SSSR count). The van der Waals surface area contributed by atoms with E-state index in [0.717, 1.165) is 12.1 Å². The van der Waals surface area contributed by atoms with Gasteiger partial charge in [-0.15, -0.1) is 0 Å². The second-order valence-corrected chi connectivity index (χ2v) is 3.74. The minimum absolute atomic E-state index is 0.180. The molecule has 20 heavy (non-hydrogen) atoms. The van der Waals surface area contributed by atoms with E-state index < -0.39 is 5.97 Å². The van der Waals surface area contributed by atoms with Gasteiger partial charge in [-0.25, -0.2) is 4.79 Å². The fourth-order valence-electron chi connectivity index (χ4n) is 1.30. The number of carbonyl (C=O) groups is 2. The summed E-state index contributed by atoms with van der Waals surface area (Å²) in [6.07, 6.45) is 0. The Labute approximate surface area is 114 Å². The number of aromatic hydroxyl groups is 2. The summed E-state index contributed by atoms with van der Waals surface area (Å²) >= 11 is 0. The quantitative estimate of drug-likeness (QED) is 0.620. The predicted molar refractivity (Wildman–Crippen MR) is 71.7 cm³/mol. The number of primary amides is 1. The zero-order valence-corrected chi connectivity index (χ0v) is 10.4. The first-order valence-electron chi connectivity index (χ1n) is 5.52. The van der Waals surface area contributed by atoms with Crippen molar-refractivity contribution >= 4 is 11.9 Å². The molecule has 5 N–H and O–H groups in total. The van der Waals surface area contributed by atoms with Crippen molar-refractivity contribution in [1.82, 2.24) is 0 Å². The molecule has 104 valence electrons. The van der Waals surface area contributed by atoms with Gasteiger partial charge in [-0.3, -0.25) is 4.79 Å². The number of rotatable bonds is 2. The minimum Gasteiger partial charge on any atom is -0.508 e. The molecule has 0 aliphatic rings. The molecular weight excluding hydrogens is 262 g/mol. The fourth-order valence-corrected chi connectivity index (χ4v) is 1.30. The largest absolute Gasteiger partial charge is 0.508 e. The monoisotopic (exact) mass is 275 g/mol. The molecule has 2 aromatic rings. The van der Waals surface area contributed by atoms with E-state index in [0.29, 0.717) is 5.56 Å². The summed E-state index contributed by atoms with van der Waals surface area (Å²) in [5.41, 5.74) is 5.23. The number of nitrogens with two attached hydrogens (primary N) is 1. The molecule has 0 heterocycles.